The molecule has 0 radical (unpaired) electrons. The maximum Gasteiger partial charge on any atom is 0.141 e. The van der Waals surface area contributed by atoms with E-state index in [0.29, 0.717) is 5.69 Å². The molecule has 3 aromatic carbocycles. The van der Waals surface area contributed by atoms with Crippen LogP contribution in [0.5, 0.6) is 5.75 Å². The Balaban J connectivity index is 1.71. The van der Waals surface area contributed by atoms with Crippen molar-refractivity contribution in [1.29, 1.82) is 0 Å². The molecule has 0 amide bonds. The zero-order chi connectivity index (χ0) is 16.5. The lowest BCUT2D eigenvalue weighted by molar-refractivity contribution is 0.477. The third kappa shape index (κ3) is 2.42. The van der Waals surface area contributed by atoms with Crippen molar-refractivity contribution in [3.05, 3.63) is 66.2 Å². The molecule has 4 rings (SSSR count). The second kappa shape index (κ2) is 6.00. The summed E-state index contributed by atoms with van der Waals surface area (Å²) in [6, 6.07) is 20.4. The fourth-order valence-corrected chi connectivity index (χ4v) is 3.56. The summed E-state index contributed by atoms with van der Waals surface area (Å²) in [6.45, 7) is 3.10. The normalized spacial score (nSPS) is 16.9. The Labute approximate surface area is 141 Å². The van der Waals surface area contributed by atoms with Gasteiger partial charge in [0.25, 0.3) is 0 Å². The molecule has 1 aliphatic rings. The highest BCUT2D eigenvalue weighted by Gasteiger charge is 2.26. The van der Waals surface area contributed by atoms with E-state index < -0.39 is 0 Å². The summed E-state index contributed by atoms with van der Waals surface area (Å²) in [5.41, 5.74) is 3.30. The summed E-state index contributed by atoms with van der Waals surface area (Å²) in [4.78, 5) is 7.04. The van der Waals surface area contributed by atoms with Gasteiger partial charge in [0, 0.05) is 23.8 Å². The van der Waals surface area contributed by atoms with Gasteiger partial charge in [-0.1, -0.05) is 48.5 Å². The monoisotopic (exact) mass is 316 g/mol. The van der Waals surface area contributed by atoms with E-state index in [0.717, 1.165) is 23.7 Å². The molecule has 0 fully saturated rings. The van der Waals surface area contributed by atoms with Crippen LogP contribution in [0.2, 0.25) is 0 Å². The first-order valence-corrected chi connectivity index (χ1v) is 8.37. The van der Waals surface area contributed by atoms with Crippen LogP contribution in [-0.4, -0.2) is 23.9 Å². The molecule has 0 aliphatic carbocycles. The van der Waals surface area contributed by atoms with Crippen LogP contribution >= 0.6 is 0 Å². The van der Waals surface area contributed by atoms with Crippen molar-refractivity contribution in [3.63, 3.8) is 0 Å². The maximum absolute atomic E-state index is 10.3. The van der Waals surface area contributed by atoms with Gasteiger partial charge in [-0.05, 0) is 36.4 Å². The zero-order valence-corrected chi connectivity index (χ0v) is 13.7. The van der Waals surface area contributed by atoms with Gasteiger partial charge in [0.2, 0.25) is 0 Å². The number of para-hydroxylation sites is 1. The van der Waals surface area contributed by atoms with Crippen molar-refractivity contribution in [2.24, 2.45) is 4.99 Å². The molecule has 120 valence electrons. The zero-order valence-electron chi connectivity index (χ0n) is 13.7. The van der Waals surface area contributed by atoms with E-state index in [1.54, 1.807) is 6.07 Å². The number of nitrogens with zero attached hydrogens (tertiary/aromatic N) is 2. The summed E-state index contributed by atoms with van der Waals surface area (Å²) in [7, 11) is 0. The second-order valence-corrected chi connectivity index (χ2v) is 6.12. The number of aliphatic imine (C=N–C) groups is 1. The first-order valence-electron chi connectivity index (χ1n) is 8.37. The van der Waals surface area contributed by atoms with Gasteiger partial charge in [0.1, 0.15) is 11.4 Å². The summed E-state index contributed by atoms with van der Waals surface area (Å²) in [5, 5.41) is 12.3. The number of aromatic hydroxyl groups is 1. The summed E-state index contributed by atoms with van der Waals surface area (Å²) >= 11 is 0. The van der Waals surface area contributed by atoms with E-state index >= 15 is 0 Å². The van der Waals surface area contributed by atoms with Crippen LogP contribution in [-0.2, 0) is 6.42 Å². The number of phenolic OH excluding ortho intramolecular Hbond substituents is 1. The van der Waals surface area contributed by atoms with Crippen molar-refractivity contribution in [3.8, 4) is 5.75 Å². The quantitative estimate of drug-likeness (QED) is 0.711. The van der Waals surface area contributed by atoms with Gasteiger partial charge in [-0.3, -0.25) is 4.99 Å². The molecule has 0 bridgehead atoms. The van der Waals surface area contributed by atoms with E-state index in [9.17, 15) is 5.11 Å². The van der Waals surface area contributed by atoms with Crippen molar-refractivity contribution in [2.75, 3.05) is 11.4 Å². The van der Waals surface area contributed by atoms with Gasteiger partial charge >= 0.3 is 0 Å². The fraction of sp³-hybridized carbons (Fsp3) is 0.190. The van der Waals surface area contributed by atoms with E-state index in [4.69, 9.17) is 0 Å². The lowest BCUT2D eigenvalue weighted by atomic mass is 10.1. The molecule has 3 heteroatoms. The Morgan fingerprint density at radius 2 is 1.88 bits per heavy atom. The number of fused-ring (bicyclic) bond motifs is 2. The maximum atomic E-state index is 10.3. The van der Waals surface area contributed by atoms with E-state index in [1.165, 1.54) is 11.3 Å². The Hall–Kier alpha value is -2.81. The van der Waals surface area contributed by atoms with Crippen molar-refractivity contribution in [1.82, 2.24) is 0 Å². The molecule has 1 heterocycles. The molecule has 3 nitrogen and oxygen atoms in total. The van der Waals surface area contributed by atoms with Crippen molar-refractivity contribution < 1.29 is 5.11 Å². The molecule has 1 aliphatic heterocycles. The third-order valence-electron chi connectivity index (χ3n) is 4.73. The molecule has 0 spiro atoms. The van der Waals surface area contributed by atoms with Gasteiger partial charge < -0.3 is 10.0 Å². The minimum absolute atomic E-state index is 0.225. The number of anilines is 1. The lowest BCUT2D eigenvalue weighted by Gasteiger charge is -2.23. The van der Waals surface area contributed by atoms with Crippen LogP contribution in [0.3, 0.4) is 0 Å². The number of hydrogen-bond acceptors (Lipinski definition) is 3. The molecule has 1 N–H and O–H groups in total. The minimum Gasteiger partial charge on any atom is -0.506 e. The van der Waals surface area contributed by atoms with Crippen LogP contribution in [0.25, 0.3) is 10.8 Å². The van der Waals surface area contributed by atoms with Crippen LogP contribution in [0.4, 0.5) is 11.4 Å². The Kier molecular flexibility index (Phi) is 3.69. The van der Waals surface area contributed by atoms with Crippen LogP contribution in [0.1, 0.15) is 12.5 Å². The van der Waals surface area contributed by atoms with Crippen LogP contribution in [0, 0.1) is 0 Å². The molecule has 0 saturated heterocycles. The number of hydrogen-bond donors (Lipinski definition) is 1. The Morgan fingerprint density at radius 3 is 2.75 bits per heavy atom. The molecular formula is C21H20N2O. The predicted molar refractivity (Wildman–Crippen MR) is 101 cm³/mol. The predicted octanol–water partition coefficient (Wildman–Crippen LogP) is 4.70. The summed E-state index contributed by atoms with van der Waals surface area (Å²) < 4.78 is 0. The number of likely N-dealkylation sites (N-methyl/N-ethyl adjacent to an activating group) is 1. The molecule has 1 unspecified atom stereocenters. The van der Waals surface area contributed by atoms with Gasteiger partial charge in [0.05, 0.1) is 6.04 Å². The summed E-state index contributed by atoms with van der Waals surface area (Å²) in [5.74, 6) is 0.225. The molecule has 0 saturated carbocycles. The summed E-state index contributed by atoms with van der Waals surface area (Å²) in [6.07, 6.45) is 2.93. The van der Waals surface area contributed by atoms with Gasteiger partial charge in [-0.2, -0.15) is 0 Å². The van der Waals surface area contributed by atoms with E-state index in [-0.39, 0.29) is 11.8 Å². The highest BCUT2D eigenvalue weighted by Crippen LogP contribution is 2.36. The van der Waals surface area contributed by atoms with Crippen LogP contribution < -0.4 is 4.90 Å². The second-order valence-electron chi connectivity index (χ2n) is 6.12. The number of rotatable bonds is 3. The molecule has 3 aromatic rings. The molecular weight excluding hydrogens is 296 g/mol. The topological polar surface area (TPSA) is 35.8 Å². The third-order valence-corrected chi connectivity index (χ3v) is 4.73. The van der Waals surface area contributed by atoms with Gasteiger partial charge in [0.15, 0.2) is 0 Å². The van der Waals surface area contributed by atoms with Gasteiger partial charge in [-0.15, -0.1) is 0 Å². The lowest BCUT2D eigenvalue weighted by Crippen LogP contribution is -2.32. The minimum atomic E-state index is 0.225. The first-order chi connectivity index (χ1) is 11.8. The fourth-order valence-electron chi connectivity index (χ4n) is 3.56. The largest absolute Gasteiger partial charge is 0.506 e. The average molecular weight is 316 g/mol. The van der Waals surface area contributed by atoms with Crippen molar-refractivity contribution in [2.45, 2.75) is 19.4 Å². The first kappa shape index (κ1) is 14.8. The highest BCUT2D eigenvalue weighted by atomic mass is 16.3. The van der Waals surface area contributed by atoms with Crippen molar-refractivity contribution >= 4 is 28.4 Å². The van der Waals surface area contributed by atoms with E-state index in [1.807, 2.05) is 36.5 Å². The Bertz CT molecular complexity index is 917. The number of phenols is 1. The highest BCUT2D eigenvalue weighted by molar-refractivity contribution is 5.97. The standard InChI is InChI=1S/C21H20N2O/c1-2-23-17(13-16-8-4-6-10-19(16)23)14-22-21-18-9-5-3-7-15(18)11-12-20(21)24/h3-12,14,17,24H,2,13H2,1H3/b22-14-. The van der Waals surface area contributed by atoms with Crippen LogP contribution in [0.15, 0.2) is 65.7 Å². The Morgan fingerprint density at radius 1 is 1.08 bits per heavy atom. The SMILES string of the molecule is CCN1c2ccccc2CC1/C=N\c1c(O)ccc2ccccc12. The number of benzene rings is 3. The van der Waals surface area contributed by atoms with Gasteiger partial charge in [-0.25, -0.2) is 0 Å². The van der Waals surface area contributed by atoms with E-state index in [2.05, 4.69) is 41.1 Å². The molecule has 24 heavy (non-hydrogen) atoms. The molecule has 0 aromatic heterocycles. The smallest absolute Gasteiger partial charge is 0.141 e. The molecule has 1 atom stereocenters. The average Bonchev–Trinajstić information content (AvgIpc) is 2.98.